The van der Waals surface area contributed by atoms with Gasteiger partial charge in [0.1, 0.15) is 5.76 Å². The van der Waals surface area contributed by atoms with Crippen molar-refractivity contribution in [2.24, 2.45) is 5.92 Å². The van der Waals surface area contributed by atoms with Gasteiger partial charge in [0, 0.05) is 0 Å². The van der Waals surface area contributed by atoms with Crippen LogP contribution in [0.5, 0.6) is 0 Å². The Bertz CT molecular complexity index is 164. The summed E-state index contributed by atoms with van der Waals surface area (Å²) < 4.78 is 5.21. The van der Waals surface area contributed by atoms with Gasteiger partial charge in [0.25, 0.3) is 0 Å². The lowest BCUT2D eigenvalue weighted by atomic mass is 10.0. The van der Waals surface area contributed by atoms with Gasteiger partial charge in [0.15, 0.2) is 0 Å². The largest absolute Gasteiger partial charge is 0.497 e. The second kappa shape index (κ2) is 9.37. The summed E-state index contributed by atoms with van der Waals surface area (Å²) in [6, 6.07) is 0. The quantitative estimate of drug-likeness (QED) is 0.472. The third-order valence-corrected chi connectivity index (χ3v) is 1.79. The van der Waals surface area contributed by atoms with Gasteiger partial charge in [-0.15, -0.1) is 0 Å². The van der Waals surface area contributed by atoms with Gasteiger partial charge in [-0.2, -0.15) is 0 Å². The molecule has 1 nitrogen and oxygen atoms in total. The molecule has 0 bridgehead atoms. The van der Waals surface area contributed by atoms with Crippen LogP contribution in [0.4, 0.5) is 0 Å². The molecule has 0 rings (SSSR count). The molecule has 0 atom stereocenters. The molecule has 0 fully saturated rings. The van der Waals surface area contributed by atoms with Gasteiger partial charge >= 0.3 is 0 Å². The average molecular weight is 184 g/mol. The maximum absolute atomic E-state index is 5.21. The van der Waals surface area contributed by atoms with E-state index in [1.54, 1.807) is 7.11 Å². The normalized spacial score (nSPS) is 12.3. The molecule has 13 heavy (non-hydrogen) atoms. The zero-order valence-electron chi connectivity index (χ0n) is 10.1. The summed E-state index contributed by atoms with van der Waals surface area (Å²) in [6.07, 6.45) is 3.99. The molecule has 0 saturated carbocycles. The molecular weight excluding hydrogens is 160 g/mol. The second-order valence-electron chi connectivity index (χ2n) is 2.91. The average Bonchev–Trinajstić information content (AvgIpc) is 2.16. The Balaban J connectivity index is 0. The lowest BCUT2D eigenvalue weighted by Gasteiger charge is -2.09. The molecular formula is C12H24O. The predicted octanol–water partition coefficient (Wildman–Crippen LogP) is 4.17. The van der Waals surface area contributed by atoms with Crippen LogP contribution in [0.25, 0.3) is 0 Å². The zero-order valence-corrected chi connectivity index (χ0v) is 10.1. The summed E-state index contributed by atoms with van der Waals surface area (Å²) in [6.45, 7) is 12.4. The van der Waals surface area contributed by atoms with Crippen LogP contribution in [0, 0.1) is 5.92 Å². The van der Waals surface area contributed by atoms with Gasteiger partial charge in [-0.3, -0.25) is 0 Å². The first-order chi connectivity index (χ1) is 6.13. The minimum atomic E-state index is 0.557. The molecule has 0 aromatic heterocycles. The number of ether oxygens (including phenoxy) is 1. The van der Waals surface area contributed by atoms with Crippen molar-refractivity contribution < 1.29 is 4.74 Å². The SMILES string of the molecule is C/C=C\C(OC)=C(\C)C(C)C.CC. The third kappa shape index (κ3) is 6.44. The summed E-state index contributed by atoms with van der Waals surface area (Å²) in [4.78, 5) is 0. The van der Waals surface area contributed by atoms with E-state index in [0.29, 0.717) is 5.92 Å². The van der Waals surface area contributed by atoms with E-state index in [-0.39, 0.29) is 0 Å². The Hall–Kier alpha value is -0.720. The van der Waals surface area contributed by atoms with Gasteiger partial charge < -0.3 is 4.74 Å². The van der Waals surface area contributed by atoms with E-state index in [2.05, 4.69) is 20.8 Å². The van der Waals surface area contributed by atoms with Crippen LogP contribution >= 0.6 is 0 Å². The van der Waals surface area contributed by atoms with Crippen LogP contribution in [0.2, 0.25) is 0 Å². The molecule has 0 aliphatic heterocycles. The Labute approximate surface area is 83.5 Å². The maximum Gasteiger partial charge on any atom is 0.117 e. The standard InChI is InChI=1S/C10H18O.C2H6/c1-6-7-10(11-5)9(4)8(2)3;1-2/h6-8H,1-5H3;1-2H3/b7-6-,10-9+;. The van der Waals surface area contributed by atoms with E-state index in [9.17, 15) is 0 Å². The van der Waals surface area contributed by atoms with Gasteiger partial charge in [-0.1, -0.05) is 33.8 Å². The number of rotatable bonds is 3. The highest BCUT2D eigenvalue weighted by Gasteiger charge is 2.02. The molecule has 0 aromatic rings. The van der Waals surface area contributed by atoms with Crippen molar-refractivity contribution in [2.45, 2.75) is 41.5 Å². The first kappa shape index (κ1) is 14.8. The molecule has 78 valence electrons. The van der Waals surface area contributed by atoms with Crippen LogP contribution in [0.1, 0.15) is 41.5 Å². The lowest BCUT2D eigenvalue weighted by Crippen LogP contribution is -1.95. The van der Waals surface area contributed by atoms with E-state index in [1.165, 1.54) is 5.57 Å². The molecule has 0 spiro atoms. The van der Waals surface area contributed by atoms with Crippen molar-refractivity contribution in [3.05, 3.63) is 23.5 Å². The van der Waals surface area contributed by atoms with Crippen molar-refractivity contribution >= 4 is 0 Å². The van der Waals surface area contributed by atoms with Gasteiger partial charge in [0.2, 0.25) is 0 Å². The van der Waals surface area contributed by atoms with Crippen LogP contribution in [0.15, 0.2) is 23.5 Å². The first-order valence-electron chi connectivity index (χ1n) is 5.01. The molecule has 0 unspecified atom stereocenters. The fraction of sp³-hybridized carbons (Fsp3) is 0.667. The number of methoxy groups -OCH3 is 1. The van der Waals surface area contributed by atoms with Crippen molar-refractivity contribution in [1.29, 1.82) is 0 Å². The van der Waals surface area contributed by atoms with E-state index < -0.39 is 0 Å². The molecule has 0 amide bonds. The maximum atomic E-state index is 5.21. The summed E-state index contributed by atoms with van der Waals surface area (Å²) in [5.41, 5.74) is 1.30. The summed E-state index contributed by atoms with van der Waals surface area (Å²) in [7, 11) is 1.71. The number of hydrogen-bond acceptors (Lipinski definition) is 1. The highest BCUT2D eigenvalue weighted by Crippen LogP contribution is 2.15. The molecule has 0 aromatic carbocycles. The molecule has 1 heteroatoms. The van der Waals surface area contributed by atoms with Gasteiger partial charge in [0.05, 0.1) is 7.11 Å². The Morgan fingerprint density at radius 2 is 1.69 bits per heavy atom. The van der Waals surface area contributed by atoms with Crippen LogP contribution in [0.3, 0.4) is 0 Å². The molecule has 0 aliphatic rings. The van der Waals surface area contributed by atoms with Gasteiger partial charge in [-0.05, 0) is 31.4 Å². The van der Waals surface area contributed by atoms with E-state index >= 15 is 0 Å². The number of hydrogen-bond donors (Lipinski definition) is 0. The number of allylic oxidation sites excluding steroid dienone is 3. The Kier molecular flexibility index (Phi) is 10.7. The predicted molar refractivity (Wildman–Crippen MR) is 60.7 cm³/mol. The topological polar surface area (TPSA) is 9.23 Å². The van der Waals surface area contributed by atoms with Crippen LogP contribution in [-0.2, 0) is 4.74 Å². The monoisotopic (exact) mass is 184 g/mol. The van der Waals surface area contributed by atoms with E-state index in [4.69, 9.17) is 4.74 Å². The molecule has 0 heterocycles. The van der Waals surface area contributed by atoms with Crippen LogP contribution in [-0.4, -0.2) is 7.11 Å². The smallest absolute Gasteiger partial charge is 0.117 e. The molecule has 0 aliphatic carbocycles. The summed E-state index contributed by atoms with van der Waals surface area (Å²) >= 11 is 0. The Morgan fingerprint density at radius 1 is 1.23 bits per heavy atom. The lowest BCUT2D eigenvalue weighted by molar-refractivity contribution is 0.298. The fourth-order valence-electron chi connectivity index (χ4n) is 0.796. The Morgan fingerprint density at radius 3 is 1.92 bits per heavy atom. The fourth-order valence-corrected chi connectivity index (χ4v) is 0.796. The molecule has 0 radical (unpaired) electrons. The van der Waals surface area contributed by atoms with Crippen molar-refractivity contribution in [3.8, 4) is 0 Å². The minimum Gasteiger partial charge on any atom is -0.497 e. The van der Waals surface area contributed by atoms with Crippen molar-refractivity contribution in [1.82, 2.24) is 0 Å². The highest BCUT2D eigenvalue weighted by atomic mass is 16.5. The third-order valence-electron chi connectivity index (χ3n) is 1.79. The molecule has 0 saturated heterocycles. The summed E-state index contributed by atoms with van der Waals surface area (Å²) in [5, 5.41) is 0. The minimum absolute atomic E-state index is 0.557. The summed E-state index contributed by atoms with van der Waals surface area (Å²) in [5.74, 6) is 1.55. The van der Waals surface area contributed by atoms with Crippen molar-refractivity contribution in [2.75, 3.05) is 7.11 Å². The second-order valence-corrected chi connectivity index (χ2v) is 2.91. The highest BCUT2D eigenvalue weighted by molar-refractivity contribution is 5.19. The van der Waals surface area contributed by atoms with Gasteiger partial charge in [-0.25, -0.2) is 0 Å². The zero-order chi connectivity index (χ0) is 10.9. The van der Waals surface area contributed by atoms with Crippen LogP contribution < -0.4 is 0 Å². The van der Waals surface area contributed by atoms with E-state index in [0.717, 1.165) is 5.76 Å². The first-order valence-corrected chi connectivity index (χ1v) is 5.01. The molecule has 0 N–H and O–H groups in total. The van der Waals surface area contributed by atoms with E-state index in [1.807, 2.05) is 32.9 Å². The van der Waals surface area contributed by atoms with Crippen molar-refractivity contribution in [3.63, 3.8) is 0 Å².